The van der Waals surface area contributed by atoms with Gasteiger partial charge in [-0.3, -0.25) is 0 Å². The fourth-order valence-corrected chi connectivity index (χ4v) is 8.58. The minimum absolute atomic E-state index is 0.000579. The first-order valence-corrected chi connectivity index (χ1v) is 24.1. The largest absolute Gasteiger partial charge is 0.506 e. The van der Waals surface area contributed by atoms with Crippen LogP contribution in [0.15, 0.2) is 101 Å². The summed E-state index contributed by atoms with van der Waals surface area (Å²) in [4.78, 5) is 31.2. The molecule has 0 bridgehead atoms. The number of carboxylic acid groups (broad SMARTS) is 1. The molecule has 24 heteroatoms. The lowest BCUT2D eigenvalue weighted by Gasteiger charge is -2.32. The van der Waals surface area contributed by atoms with E-state index in [-0.39, 0.29) is 39.8 Å². The second kappa shape index (κ2) is 22.6. The van der Waals surface area contributed by atoms with E-state index < -0.39 is 13.1 Å². The van der Waals surface area contributed by atoms with Crippen molar-refractivity contribution in [3.8, 4) is 22.8 Å². The number of fused-ring (bicyclic) bond motifs is 3. The Kier molecular flexibility index (Phi) is 17.5. The Morgan fingerprint density at radius 2 is 1.08 bits per heavy atom. The fraction of sp³-hybridized carbons (Fsp3) is 0.191. The van der Waals surface area contributed by atoms with Crippen LogP contribution >= 0.6 is 89.9 Å². The molecule has 1 aliphatic heterocycles. The van der Waals surface area contributed by atoms with Gasteiger partial charge in [0.2, 0.25) is 0 Å². The van der Waals surface area contributed by atoms with Crippen LogP contribution in [0.25, 0.3) is 44.6 Å². The molecule has 0 unspecified atom stereocenters. The lowest BCUT2D eigenvalue weighted by Crippen LogP contribution is -2.41. The van der Waals surface area contributed by atoms with E-state index in [1.165, 1.54) is 24.5 Å². The van der Waals surface area contributed by atoms with Crippen molar-refractivity contribution in [1.29, 1.82) is 0 Å². The molecule has 0 atom stereocenters. The lowest BCUT2D eigenvalue weighted by atomic mass is 9.79. The number of hydrogen-bond donors (Lipinski definition) is 5. The number of nitrogens with zero attached hydrogens (tertiary/aromatic N) is 5. The number of phenolic OH excluding ortho intramolecular Hbond substituents is 2. The number of nitrogens with two attached hydrogens (primary N) is 2. The van der Waals surface area contributed by atoms with E-state index in [0.29, 0.717) is 86.3 Å². The summed E-state index contributed by atoms with van der Waals surface area (Å²) in [5.41, 5.74) is 16.1. The SMILES string of the molecule is Cc1nc2c(Cl)cc(-c3cc(C(=O)O)ncn3)cc2o1.Cc1nc2c(Cl)cc(B3OC(C)(C)C(C)(C)O3)cc2o1.Cc1nc2c(Cl)cc(Br)cc2o1.Nc1c(O)cc(Br)cc1Cl.Nc1c(O)cccc1Cl. The zero-order valence-corrected chi connectivity index (χ0v) is 45.4. The number of carboxylic acids is 1. The van der Waals surface area contributed by atoms with Gasteiger partial charge in [-0.05, 0) is 99.9 Å². The highest BCUT2D eigenvalue weighted by Gasteiger charge is 2.52. The molecule has 0 aliphatic carbocycles. The molecule has 1 fully saturated rings. The molecule has 4 aromatic heterocycles. The maximum atomic E-state index is 10.9. The van der Waals surface area contributed by atoms with Crippen molar-refractivity contribution in [3.05, 3.63) is 137 Å². The third-order valence-corrected chi connectivity index (χ3v) is 12.9. The Labute approximate surface area is 448 Å². The van der Waals surface area contributed by atoms with Gasteiger partial charge in [0.05, 0.1) is 53.4 Å². The predicted molar refractivity (Wildman–Crippen MR) is 285 cm³/mol. The summed E-state index contributed by atoms with van der Waals surface area (Å²) in [7, 11) is -0.452. The molecule has 1 aliphatic rings. The number of carbonyl (C=O) groups is 1. The smallest absolute Gasteiger partial charge is 0.495 e. The molecule has 9 aromatic rings. The molecule has 10 rings (SSSR count). The third-order valence-electron chi connectivity index (χ3n) is 10.5. The van der Waals surface area contributed by atoms with E-state index in [4.69, 9.17) is 107 Å². The van der Waals surface area contributed by atoms with Crippen LogP contribution in [-0.4, -0.2) is 64.5 Å². The number of hydrogen-bond acceptors (Lipinski definition) is 15. The monoisotopic (exact) mass is 1190 g/mol. The maximum Gasteiger partial charge on any atom is 0.495 e. The first-order chi connectivity index (χ1) is 33.2. The number of aromatic nitrogens is 5. The summed E-state index contributed by atoms with van der Waals surface area (Å²) in [6, 6.07) is 20.0. The maximum absolute atomic E-state index is 10.9. The van der Waals surface area contributed by atoms with Crippen LogP contribution in [0.4, 0.5) is 11.4 Å². The number of rotatable bonds is 3. The molecule has 16 nitrogen and oxygen atoms in total. The quantitative estimate of drug-likeness (QED) is 0.0626. The highest BCUT2D eigenvalue weighted by Crippen LogP contribution is 2.38. The van der Waals surface area contributed by atoms with Gasteiger partial charge in [-0.1, -0.05) is 95.9 Å². The van der Waals surface area contributed by atoms with Gasteiger partial charge in [0.15, 0.2) is 40.1 Å². The topological polar surface area (TPSA) is 252 Å². The third kappa shape index (κ3) is 13.4. The Morgan fingerprint density at radius 1 is 0.606 bits per heavy atom. The zero-order chi connectivity index (χ0) is 52.3. The molecule has 7 N–H and O–H groups in total. The highest BCUT2D eigenvalue weighted by molar-refractivity contribution is 9.10. The number of benzene rings is 5. The van der Waals surface area contributed by atoms with Gasteiger partial charge in [-0.15, -0.1) is 0 Å². The first kappa shape index (κ1) is 55.0. The number of aromatic carboxylic acids is 1. The van der Waals surface area contributed by atoms with Gasteiger partial charge in [-0.2, -0.15) is 0 Å². The number of anilines is 2. The van der Waals surface area contributed by atoms with Gasteiger partial charge < -0.3 is 49.3 Å². The van der Waals surface area contributed by atoms with E-state index in [0.717, 1.165) is 15.5 Å². The average molecular weight is 1200 g/mol. The van der Waals surface area contributed by atoms with Gasteiger partial charge in [-0.25, -0.2) is 29.7 Å². The van der Waals surface area contributed by atoms with Crippen LogP contribution in [0.3, 0.4) is 0 Å². The predicted octanol–water partition coefficient (Wildman–Crippen LogP) is 13.6. The number of para-hydroxylation sites is 1. The van der Waals surface area contributed by atoms with Crippen LogP contribution in [-0.2, 0) is 9.31 Å². The fourth-order valence-electron chi connectivity index (χ4n) is 6.28. The van der Waals surface area contributed by atoms with Crippen molar-refractivity contribution < 1.29 is 42.7 Å². The second-order valence-corrected chi connectivity index (χ2v) is 20.1. The van der Waals surface area contributed by atoms with Crippen molar-refractivity contribution in [3.63, 3.8) is 0 Å². The molecular weight excluding hydrogens is 1150 g/mol. The summed E-state index contributed by atoms with van der Waals surface area (Å²) in [6.45, 7) is 13.4. The standard InChI is InChI=1S/C14H17BClNO3.C13H8ClN3O3.C8H5BrClNO.C6H5BrClNO.C6H6ClNO/c1-8-17-12-10(16)6-9(7-11(12)18-8)15-19-13(2,3)14(4,5)20-15;1-6-17-12-8(14)2-7(3-11(12)20-6)9-4-10(13(18)19)16-5-15-9;1-4-11-8-6(10)2-5(9)3-7(8)12-4;7-3-1-4(8)6(9)5(10)2-3;7-4-2-1-3-5(9)6(4)8/h6-7H,1-5H3;2-5H,1H3,(H,18,19);2-3H,1H3;1-2,10H,9H2;1-3,9H,8H2. The number of aryl methyl sites for hydroxylation is 3. The van der Waals surface area contributed by atoms with Gasteiger partial charge in [0, 0.05) is 35.3 Å². The van der Waals surface area contributed by atoms with E-state index in [2.05, 4.69) is 56.8 Å². The van der Waals surface area contributed by atoms with Crippen molar-refractivity contribution >= 4 is 153 Å². The Balaban J connectivity index is 0.000000151. The van der Waals surface area contributed by atoms with Gasteiger partial charge in [0.25, 0.3) is 0 Å². The Hall–Kier alpha value is -5.35. The van der Waals surface area contributed by atoms with Crippen LogP contribution in [0.5, 0.6) is 11.5 Å². The Bertz CT molecular complexity index is 3370. The van der Waals surface area contributed by atoms with Crippen LogP contribution in [0, 0.1) is 20.8 Å². The van der Waals surface area contributed by atoms with Crippen molar-refractivity contribution in [1.82, 2.24) is 24.9 Å². The summed E-state index contributed by atoms with van der Waals surface area (Å²) >= 11 is 35.9. The summed E-state index contributed by atoms with van der Waals surface area (Å²) in [6.07, 6.45) is 1.20. The second-order valence-electron chi connectivity index (χ2n) is 16.3. The minimum Gasteiger partial charge on any atom is -0.506 e. The molecule has 5 heterocycles. The lowest BCUT2D eigenvalue weighted by molar-refractivity contribution is 0.00578. The number of halogens is 7. The first-order valence-electron chi connectivity index (χ1n) is 20.7. The molecule has 1 saturated heterocycles. The van der Waals surface area contributed by atoms with E-state index in [1.54, 1.807) is 57.2 Å². The van der Waals surface area contributed by atoms with Crippen LogP contribution in [0.2, 0.25) is 25.1 Å². The summed E-state index contributed by atoms with van der Waals surface area (Å²) < 4.78 is 29.9. The van der Waals surface area contributed by atoms with Gasteiger partial charge in [0.1, 0.15) is 34.4 Å². The number of nitrogen functional groups attached to an aromatic ring is 2. The molecule has 0 spiro atoms. The summed E-state index contributed by atoms with van der Waals surface area (Å²) in [5.74, 6) is 0.643. The van der Waals surface area contributed by atoms with Crippen LogP contribution < -0.4 is 16.9 Å². The molecule has 0 amide bonds. The molecule has 5 aromatic carbocycles. The van der Waals surface area contributed by atoms with Crippen molar-refractivity contribution in [2.24, 2.45) is 0 Å². The summed E-state index contributed by atoms with van der Waals surface area (Å²) in [5, 5.41) is 29.2. The molecule has 71 heavy (non-hydrogen) atoms. The van der Waals surface area contributed by atoms with E-state index in [9.17, 15) is 4.79 Å². The number of aromatic hydroxyl groups is 2. The van der Waals surface area contributed by atoms with E-state index >= 15 is 0 Å². The number of oxazole rings is 3. The van der Waals surface area contributed by atoms with E-state index in [1.807, 2.05) is 45.9 Å². The van der Waals surface area contributed by atoms with Crippen LogP contribution in [0.1, 0.15) is 55.9 Å². The highest BCUT2D eigenvalue weighted by atomic mass is 79.9. The number of phenols is 2. The minimum atomic E-state index is -1.11. The molecular formula is C47H41BBr2Cl5N7O9. The van der Waals surface area contributed by atoms with Gasteiger partial charge >= 0.3 is 13.1 Å². The zero-order valence-electron chi connectivity index (χ0n) is 38.4. The van der Waals surface area contributed by atoms with Crippen molar-refractivity contribution in [2.75, 3.05) is 11.5 Å². The average Bonchev–Trinajstić information content (AvgIpc) is 4.04. The molecule has 370 valence electrons. The normalized spacial score (nSPS) is 13.4. The van der Waals surface area contributed by atoms with Crippen molar-refractivity contribution in [2.45, 2.75) is 59.7 Å². The molecule has 0 saturated carbocycles. The molecule has 0 radical (unpaired) electrons. The Morgan fingerprint density at radius 3 is 1.61 bits per heavy atom.